The molecule has 0 radical (unpaired) electrons. The van der Waals surface area contributed by atoms with E-state index >= 15 is 0 Å². The normalized spacial score (nSPS) is 14.9. The molecule has 0 amide bonds. The summed E-state index contributed by atoms with van der Waals surface area (Å²) in [5.74, 6) is 1.51. The largest absolute Gasteiger partial charge is 0.434 e. The maximum Gasteiger partial charge on any atom is 0.434 e. The molecule has 0 bridgehead atoms. The van der Waals surface area contributed by atoms with E-state index in [-0.39, 0.29) is 30.5 Å². The number of nitrogens with zero attached hydrogens (tertiary/aromatic N) is 4. The first kappa shape index (κ1) is 24.6. The Kier molecular flexibility index (Phi) is 9.59. The lowest BCUT2D eigenvalue weighted by Crippen LogP contribution is -2.36. The number of nitrogens with one attached hydrogen (secondary N) is 2. The molecule has 0 unspecified atom stereocenters. The first-order valence-corrected chi connectivity index (χ1v) is 10.6. The molecular formula is C19H26F3IN6S. The van der Waals surface area contributed by atoms with Gasteiger partial charge in [-0.05, 0) is 43.9 Å². The number of pyridine rings is 1. The molecule has 1 fully saturated rings. The second-order valence-electron chi connectivity index (χ2n) is 6.74. The lowest BCUT2D eigenvalue weighted by molar-refractivity contribution is -0.140. The molecule has 0 aromatic carbocycles. The lowest BCUT2D eigenvalue weighted by Gasteiger charge is -2.27. The van der Waals surface area contributed by atoms with Crippen LogP contribution in [0.2, 0.25) is 0 Å². The van der Waals surface area contributed by atoms with Gasteiger partial charge in [0.15, 0.2) is 11.7 Å². The SMILES string of the molecule is CCNC(=NCc1ccnc(N2CCCCC2)c1)NCc1nc(C(F)(F)F)cs1.I. The number of guanidine groups is 1. The third kappa shape index (κ3) is 7.25. The number of aliphatic imine (C=N–C) groups is 1. The molecule has 0 aliphatic carbocycles. The number of rotatable bonds is 6. The topological polar surface area (TPSA) is 65.4 Å². The summed E-state index contributed by atoms with van der Waals surface area (Å²) < 4.78 is 38.0. The summed E-state index contributed by atoms with van der Waals surface area (Å²) in [6.07, 6.45) is 1.02. The maximum atomic E-state index is 12.7. The van der Waals surface area contributed by atoms with Crippen molar-refractivity contribution in [3.05, 3.63) is 40.0 Å². The van der Waals surface area contributed by atoms with Gasteiger partial charge in [0, 0.05) is 31.2 Å². The highest BCUT2D eigenvalue weighted by Gasteiger charge is 2.33. The first-order chi connectivity index (χ1) is 14.0. The summed E-state index contributed by atoms with van der Waals surface area (Å²) >= 11 is 0.979. The highest BCUT2D eigenvalue weighted by Crippen LogP contribution is 2.29. The molecule has 0 spiro atoms. The first-order valence-electron chi connectivity index (χ1n) is 9.69. The van der Waals surface area contributed by atoms with E-state index < -0.39 is 11.9 Å². The standard InChI is InChI=1S/C19H25F3N6S.HI/c1-2-23-18(26-12-17-27-15(13-29-17)19(20,21)22)25-11-14-6-7-24-16(10-14)28-8-4-3-5-9-28;/h6-7,10,13H,2-5,8-9,11-12H2,1H3,(H2,23,25,26);1H. The zero-order valence-corrected chi connectivity index (χ0v) is 19.9. The number of halogens is 4. The fourth-order valence-corrected chi connectivity index (χ4v) is 3.79. The summed E-state index contributed by atoms with van der Waals surface area (Å²) in [5, 5.41) is 7.54. The molecule has 3 heterocycles. The third-order valence-corrected chi connectivity index (χ3v) is 5.35. The van der Waals surface area contributed by atoms with E-state index in [9.17, 15) is 13.2 Å². The van der Waals surface area contributed by atoms with Crippen LogP contribution in [-0.2, 0) is 19.3 Å². The van der Waals surface area contributed by atoms with E-state index in [1.54, 1.807) is 6.20 Å². The van der Waals surface area contributed by atoms with Crippen LogP contribution in [0.25, 0.3) is 0 Å². The molecule has 3 rings (SSSR count). The number of aromatic nitrogens is 2. The molecule has 1 aliphatic heterocycles. The molecule has 166 valence electrons. The number of piperidine rings is 1. The van der Waals surface area contributed by atoms with Gasteiger partial charge in [-0.2, -0.15) is 13.2 Å². The minimum atomic E-state index is -4.42. The van der Waals surface area contributed by atoms with Crippen molar-refractivity contribution in [1.82, 2.24) is 20.6 Å². The van der Waals surface area contributed by atoms with E-state index in [1.807, 2.05) is 13.0 Å². The Morgan fingerprint density at radius 3 is 2.67 bits per heavy atom. The molecule has 1 saturated heterocycles. The van der Waals surface area contributed by atoms with Crippen LogP contribution in [-0.4, -0.2) is 35.6 Å². The molecule has 2 aromatic rings. The zero-order valence-electron chi connectivity index (χ0n) is 16.7. The summed E-state index contributed by atoms with van der Waals surface area (Å²) in [7, 11) is 0. The summed E-state index contributed by atoms with van der Waals surface area (Å²) in [5.41, 5.74) is 0.176. The highest BCUT2D eigenvalue weighted by atomic mass is 127. The predicted molar refractivity (Wildman–Crippen MR) is 124 cm³/mol. The van der Waals surface area contributed by atoms with Crippen molar-refractivity contribution in [3.8, 4) is 0 Å². The second-order valence-corrected chi connectivity index (χ2v) is 7.69. The highest BCUT2D eigenvalue weighted by molar-refractivity contribution is 14.0. The van der Waals surface area contributed by atoms with Crippen LogP contribution >= 0.6 is 35.3 Å². The molecule has 6 nitrogen and oxygen atoms in total. The summed E-state index contributed by atoms with van der Waals surface area (Å²) in [6, 6.07) is 3.98. The van der Waals surface area contributed by atoms with Gasteiger partial charge in [0.25, 0.3) is 0 Å². The van der Waals surface area contributed by atoms with Crippen LogP contribution in [0.5, 0.6) is 0 Å². The van der Waals surface area contributed by atoms with Gasteiger partial charge in [-0.1, -0.05) is 0 Å². The smallest absolute Gasteiger partial charge is 0.357 e. The molecule has 0 atom stereocenters. The summed E-state index contributed by atoms with van der Waals surface area (Å²) in [4.78, 5) is 14.9. The van der Waals surface area contributed by atoms with Crippen molar-refractivity contribution in [2.24, 2.45) is 4.99 Å². The van der Waals surface area contributed by atoms with Gasteiger partial charge >= 0.3 is 6.18 Å². The van der Waals surface area contributed by atoms with Crippen molar-refractivity contribution in [3.63, 3.8) is 0 Å². The van der Waals surface area contributed by atoms with Gasteiger partial charge in [0.1, 0.15) is 10.8 Å². The predicted octanol–water partition coefficient (Wildman–Crippen LogP) is 4.42. The Bertz CT molecular complexity index is 821. The number of thiazole rings is 1. The van der Waals surface area contributed by atoms with Gasteiger partial charge in [0.05, 0.1) is 13.1 Å². The van der Waals surface area contributed by atoms with Crippen molar-refractivity contribution < 1.29 is 13.2 Å². The van der Waals surface area contributed by atoms with Crippen LogP contribution in [0.1, 0.15) is 42.5 Å². The molecular weight excluding hydrogens is 528 g/mol. The Morgan fingerprint density at radius 1 is 1.23 bits per heavy atom. The van der Waals surface area contributed by atoms with Crippen LogP contribution < -0.4 is 15.5 Å². The lowest BCUT2D eigenvalue weighted by atomic mass is 10.1. The van der Waals surface area contributed by atoms with Gasteiger partial charge in [0.2, 0.25) is 0 Å². The van der Waals surface area contributed by atoms with E-state index in [0.29, 0.717) is 24.1 Å². The third-order valence-electron chi connectivity index (χ3n) is 4.50. The number of hydrogen-bond donors (Lipinski definition) is 2. The molecule has 2 aromatic heterocycles. The van der Waals surface area contributed by atoms with Crippen molar-refractivity contribution in [1.29, 1.82) is 0 Å². The van der Waals surface area contributed by atoms with Crippen LogP contribution in [0.15, 0.2) is 28.7 Å². The molecule has 30 heavy (non-hydrogen) atoms. The Labute approximate surface area is 195 Å². The van der Waals surface area contributed by atoms with E-state index in [4.69, 9.17) is 0 Å². The molecule has 11 heteroatoms. The van der Waals surface area contributed by atoms with Gasteiger partial charge < -0.3 is 15.5 Å². The number of anilines is 1. The minimum absolute atomic E-state index is 0. The average molecular weight is 554 g/mol. The second kappa shape index (κ2) is 11.7. The van der Waals surface area contributed by atoms with Crippen molar-refractivity contribution >= 4 is 47.1 Å². The van der Waals surface area contributed by atoms with E-state index in [1.165, 1.54) is 19.3 Å². The van der Waals surface area contributed by atoms with Gasteiger partial charge in [-0.15, -0.1) is 35.3 Å². The number of alkyl halides is 3. The maximum absolute atomic E-state index is 12.7. The quantitative estimate of drug-likeness (QED) is 0.315. The van der Waals surface area contributed by atoms with Crippen molar-refractivity contribution in [2.75, 3.05) is 24.5 Å². The van der Waals surface area contributed by atoms with Crippen LogP contribution in [0.4, 0.5) is 19.0 Å². The van der Waals surface area contributed by atoms with Crippen LogP contribution in [0, 0.1) is 0 Å². The zero-order chi connectivity index (χ0) is 20.7. The Balaban J connectivity index is 0.00000320. The van der Waals surface area contributed by atoms with E-state index in [2.05, 4.69) is 36.6 Å². The molecule has 0 saturated carbocycles. The molecule has 1 aliphatic rings. The van der Waals surface area contributed by atoms with Crippen LogP contribution in [0.3, 0.4) is 0 Å². The monoisotopic (exact) mass is 554 g/mol. The Hall–Kier alpha value is -1.63. The van der Waals surface area contributed by atoms with Gasteiger partial charge in [-0.3, -0.25) is 0 Å². The molecule has 2 N–H and O–H groups in total. The summed E-state index contributed by atoms with van der Waals surface area (Å²) in [6.45, 7) is 5.26. The fraction of sp³-hybridized carbons (Fsp3) is 0.526. The fourth-order valence-electron chi connectivity index (χ4n) is 3.05. The van der Waals surface area contributed by atoms with Gasteiger partial charge in [-0.25, -0.2) is 15.0 Å². The average Bonchev–Trinajstić information content (AvgIpc) is 3.21. The number of hydrogen-bond acceptors (Lipinski definition) is 5. The van der Waals surface area contributed by atoms with Crippen molar-refractivity contribution in [2.45, 2.75) is 45.5 Å². The Morgan fingerprint density at radius 2 is 2.00 bits per heavy atom. The minimum Gasteiger partial charge on any atom is -0.357 e. The van der Waals surface area contributed by atoms with E-state index in [0.717, 1.165) is 41.2 Å².